The number of guanidine groups is 1. The van der Waals surface area contributed by atoms with Crippen molar-refractivity contribution in [2.75, 3.05) is 39.8 Å². The number of likely N-dealkylation sites (tertiary alicyclic amines) is 1. The Labute approximate surface area is 202 Å². The molecule has 2 aliphatic heterocycles. The molecule has 0 atom stereocenters. The van der Waals surface area contributed by atoms with E-state index in [2.05, 4.69) is 25.8 Å². The summed E-state index contributed by atoms with van der Waals surface area (Å²) in [6.07, 6.45) is -2.68. The third-order valence-electron chi connectivity index (χ3n) is 5.38. The molecular weight excluding hydrogens is 540 g/mol. The number of nitrogens with one attached hydrogen (secondary N) is 3. The average Bonchev–Trinajstić information content (AvgIpc) is 3.06. The Morgan fingerprint density at radius 2 is 1.97 bits per heavy atom. The number of carbonyl (C=O) groups is 2. The number of nitrogens with zero attached hydrogens (tertiary/aromatic N) is 3. The molecule has 0 aromatic heterocycles. The number of aliphatic imine (C=N–C) groups is 1. The summed E-state index contributed by atoms with van der Waals surface area (Å²) < 4.78 is 38.7. The molecular formula is C20H28F3IN6O2. The van der Waals surface area contributed by atoms with Crippen LogP contribution in [0.5, 0.6) is 0 Å². The van der Waals surface area contributed by atoms with Gasteiger partial charge in [-0.15, -0.1) is 24.0 Å². The smallest absolute Gasteiger partial charge is 0.355 e. The van der Waals surface area contributed by atoms with Gasteiger partial charge in [-0.25, -0.2) is 4.79 Å². The van der Waals surface area contributed by atoms with Crippen LogP contribution in [0.15, 0.2) is 29.3 Å². The number of urea groups is 1. The standard InChI is InChI=1S/C20H27F3N6O2.HI/c1-24-18(25-7-10-29-17(30)12-26-19(29)31)27-16-5-8-28(9-6-16)13-14-3-2-4-15(11-14)20(21,22)23;/h2-4,11,16H,5-10,12-13H2,1H3,(H,26,31)(H2,24,25,27);1H. The molecule has 2 saturated heterocycles. The van der Waals surface area contributed by atoms with Crippen molar-refractivity contribution in [3.05, 3.63) is 35.4 Å². The van der Waals surface area contributed by atoms with Crippen molar-refractivity contribution in [2.24, 2.45) is 4.99 Å². The largest absolute Gasteiger partial charge is 0.416 e. The molecule has 2 aliphatic rings. The van der Waals surface area contributed by atoms with Crippen LogP contribution in [0.25, 0.3) is 0 Å². The predicted octanol–water partition coefficient (Wildman–Crippen LogP) is 2.00. The molecule has 2 heterocycles. The van der Waals surface area contributed by atoms with E-state index in [0.29, 0.717) is 24.6 Å². The lowest BCUT2D eigenvalue weighted by Crippen LogP contribution is -2.50. The fraction of sp³-hybridized carbons (Fsp3) is 0.550. The number of piperidine rings is 1. The zero-order chi connectivity index (χ0) is 22.4. The van der Waals surface area contributed by atoms with Crippen molar-refractivity contribution in [1.29, 1.82) is 0 Å². The van der Waals surface area contributed by atoms with Gasteiger partial charge in [-0.2, -0.15) is 13.2 Å². The van der Waals surface area contributed by atoms with E-state index in [4.69, 9.17) is 0 Å². The molecule has 1 aromatic rings. The molecule has 32 heavy (non-hydrogen) atoms. The number of hydrogen-bond donors (Lipinski definition) is 3. The van der Waals surface area contributed by atoms with Crippen LogP contribution < -0.4 is 16.0 Å². The summed E-state index contributed by atoms with van der Waals surface area (Å²) in [5.74, 6) is 0.339. The first-order chi connectivity index (χ1) is 14.8. The van der Waals surface area contributed by atoms with Crippen molar-refractivity contribution in [1.82, 2.24) is 25.8 Å². The summed E-state index contributed by atoms with van der Waals surface area (Å²) in [6, 6.07) is 5.26. The predicted molar refractivity (Wildman–Crippen MR) is 125 cm³/mol. The van der Waals surface area contributed by atoms with Crippen molar-refractivity contribution in [3.8, 4) is 0 Å². The maximum atomic E-state index is 12.9. The van der Waals surface area contributed by atoms with Crippen LogP contribution in [0.4, 0.5) is 18.0 Å². The van der Waals surface area contributed by atoms with Crippen LogP contribution in [0.3, 0.4) is 0 Å². The van der Waals surface area contributed by atoms with E-state index in [-0.39, 0.29) is 55.0 Å². The Morgan fingerprint density at radius 1 is 1.25 bits per heavy atom. The number of hydrogen-bond acceptors (Lipinski definition) is 4. The Balaban J connectivity index is 0.00000363. The quantitative estimate of drug-likeness (QED) is 0.212. The van der Waals surface area contributed by atoms with Gasteiger partial charge in [0.2, 0.25) is 5.91 Å². The number of alkyl halides is 3. The van der Waals surface area contributed by atoms with E-state index in [1.54, 1.807) is 13.1 Å². The molecule has 0 bridgehead atoms. The monoisotopic (exact) mass is 568 g/mol. The van der Waals surface area contributed by atoms with Gasteiger partial charge in [0.1, 0.15) is 0 Å². The first-order valence-corrected chi connectivity index (χ1v) is 10.2. The van der Waals surface area contributed by atoms with Crippen LogP contribution in [0.1, 0.15) is 24.0 Å². The molecule has 3 rings (SSSR count). The molecule has 0 unspecified atom stereocenters. The minimum atomic E-state index is -4.33. The molecule has 12 heteroatoms. The minimum absolute atomic E-state index is 0. The van der Waals surface area contributed by atoms with Gasteiger partial charge in [0.15, 0.2) is 5.96 Å². The first kappa shape index (κ1) is 26.2. The van der Waals surface area contributed by atoms with Gasteiger partial charge in [-0.3, -0.25) is 19.6 Å². The van der Waals surface area contributed by atoms with Crippen LogP contribution in [0, 0.1) is 0 Å². The van der Waals surface area contributed by atoms with E-state index in [1.807, 2.05) is 0 Å². The van der Waals surface area contributed by atoms with Gasteiger partial charge >= 0.3 is 12.2 Å². The van der Waals surface area contributed by atoms with Gasteiger partial charge in [-0.1, -0.05) is 18.2 Å². The minimum Gasteiger partial charge on any atom is -0.355 e. The van der Waals surface area contributed by atoms with Crippen molar-refractivity contribution in [2.45, 2.75) is 31.6 Å². The second-order valence-electron chi connectivity index (χ2n) is 7.60. The highest BCUT2D eigenvalue weighted by atomic mass is 127. The zero-order valence-electron chi connectivity index (χ0n) is 17.7. The van der Waals surface area contributed by atoms with Gasteiger partial charge in [0.25, 0.3) is 0 Å². The molecule has 2 fully saturated rings. The number of rotatable bonds is 6. The normalized spacial score (nSPS) is 18.4. The molecule has 0 spiro atoms. The first-order valence-electron chi connectivity index (χ1n) is 10.2. The van der Waals surface area contributed by atoms with Crippen molar-refractivity contribution < 1.29 is 22.8 Å². The summed E-state index contributed by atoms with van der Waals surface area (Å²) in [5.41, 5.74) is 0.0312. The summed E-state index contributed by atoms with van der Waals surface area (Å²) in [7, 11) is 1.64. The summed E-state index contributed by atoms with van der Waals surface area (Å²) in [5, 5.41) is 8.90. The number of benzene rings is 1. The van der Waals surface area contributed by atoms with Crippen molar-refractivity contribution >= 4 is 41.9 Å². The Morgan fingerprint density at radius 3 is 2.56 bits per heavy atom. The van der Waals surface area contributed by atoms with Crippen LogP contribution in [-0.4, -0.2) is 73.5 Å². The summed E-state index contributed by atoms with van der Waals surface area (Å²) in [4.78, 5) is 30.6. The second-order valence-corrected chi connectivity index (χ2v) is 7.60. The lowest BCUT2D eigenvalue weighted by molar-refractivity contribution is -0.137. The van der Waals surface area contributed by atoms with Crippen LogP contribution in [0.2, 0.25) is 0 Å². The molecule has 0 radical (unpaired) electrons. The molecule has 0 aliphatic carbocycles. The van der Waals surface area contributed by atoms with Crippen LogP contribution >= 0.6 is 24.0 Å². The van der Waals surface area contributed by atoms with E-state index in [9.17, 15) is 22.8 Å². The van der Waals surface area contributed by atoms with E-state index in [1.165, 1.54) is 12.1 Å². The third-order valence-corrected chi connectivity index (χ3v) is 5.38. The molecule has 0 saturated carbocycles. The van der Waals surface area contributed by atoms with Crippen molar-refractivity contribution in [3.63, 3.8) is 0 Å². The molecule has 1 aromatic carbocycles. The number of halogens is 4. The highest BCUT2D eigenvalue weighted by molar-refractivity contribution is 14.0. The van der Waals surface area contributed by atoms with E-state index >= 15 is 0 Å². The lowest BCUT2D eigenvalue weighted by atomic mass is 10.0. The maximum absolute atomic E-state index is 12.9. The fourth-order valence-electron chi connectivity index (χ4n) is 3.70. The Bertz CT molecular complexity index is 812. The molecule has 178 valence electrons. The van der Waals surface area contributed by atoms with Gasteiger partial charge in [0, 0.05) is 45.8 Å². The average molecular weight is 568 g/mol. The molecule has 3 amide bonds. The maximum Gasteiger partial charge on any atom is 0.416 e. The number of imide groups is 1. The summed E-state index contributed by atoms with van der Waals surface area (Å²) in [6.45, 7) is 2.66. The molecule has 3 N–H and O–H groups in total. The topological polar surface area (TPSA) is 89.1 Å². The second kappa shape index (κ2) is 11.7. The van der Waals surface area contributed by atoms with Gasteiger partial charge in [-0.05, 0) is 24.5 Å². The Kier molecular flexibility index (Phi) is 9.55. The summed E-state index contributed by atoms with van der Waals surface area (Å²) >= 11 is 0. The number of amides is 3. The number of carbonyl (C=O) groups excluding carboxylic acids is 2. The SMILES string of the molecule is CN=C(NCCN1C(=O)CNC1=O)NC1CCN(Cc2cccc(C(F)(F)F)c2)CC1.I. The Hall–Kier alpha value is -2.09. The highest BCUT2D eigenvalue weighted by Crippen LogP contribution is 2.30. The van der Waals surface area contributed by atoms with Gasteiger partial charge in [0.05, 0.1) is 12.1 Å². The fourth-order valence-corrected chi connectivity index (χ4v) is 3.70. The van der Waals surface area contributed by atoms with Gasteiger partial charge < -0.3 is 16.0 Å². The van der Waals surface area contributed by atoms with E-state index < -0.39 is 11.7 Å². The molecule has 8 nitrogen and oxygen atoms in total. The van der Waals surface area contributed by atoms with E-state index in [0.717, 1.165) is 36.9 Å². The van der Waals surface area contributed by atoms with Crippen LogP contribution in [-0.2, 0) is 17.5 Å². The highest BCUT2D eigenvalue weighted by Gasteiger charge is 2.31. The lowest BCUT2D eigenvalue weighted by Gasteiger charge is -2.33. The third kappa shape index (κ3) is 7.22. The zero-order valence-corrected chi connectivity index (χ0v) is 20.1.